The molecule has 37 heavy (non-hydrogen) atoms. The molecule has 0 aromatic rings. The van der Waals surface area contributed by atoms with E-state index in [1.165, 1.54) is 32.9 Å². The second-order valence-corrected chi connectivity index (χ2v) is 14.2. The third-order valence-corrected chi connectivity index (χ3v) is 11.1. The first kappa shape index (κ1) is 28.3. The Labute approximate surface area is 220 Å². The lowest BCUT2D eigenvalue weighted by Gasteiger charge is -2.64. The Bertz CT molecular complexity index is 1090. The molecule has 1 unspecified atom stereocenters. The van der Waals surface area contributed by atoms with Crippen molar-refractivity contribution >= 4 is 17.3 Å². The Kier molecular flexibility index (Phi) is 6.26. The van der Waals surface area contributed by atoms with Crippen LogP contribution in [-0.4, -0.2) is 61.2 Å². The Hall–Kier alpha value is -1.67. The molecule has 0 heterocycles. The van der Waals surface area contributed by atoms with E-state index < -0.39 is 56.8 Å². The van der Waals surface area contributed by atoms with Gasteiger partial charge in [0.2, 0.25) is 0 Å². The molecule has 0 aromatic heterocycles. The van der Waals surface area contributed by atoms with Gasteiger partial charge in [-0.2, -0.15) is 0 Å². The summed E-state index contributed by atoms with van der Waals surface area (Å²) in [7, 11) is 0. The molecule has 0 bridgehead atoms. The summed E-state index contributed by atoms with van der Waals surface area (Å²) in [6.07, 6.45) is 3.54. The molecule has 3 fully saturated rings. The van der Waals surface area contributed by atoms with E-state index in [1.54, 1.807) is 0 Å². The molecule has 7 nitrogen and oxygen atoms in total. The highest BCUT2D eigenvalue weighted by molar-refractivity contribution is 5.98. The zero-order valence-corrected chi connectivity index (χ0v) is 23.5. The SMILES string of the molecule is CC(C)(O)/C=C/C(=O)[C@](C)(O)[C@H]1[C@H](O)C[C@@]2(C)C3CC=C4[C@@H](C[C@H](O)C(=O)C4(C)C)[C@]3(C)C(=O)C[C@]12C. The number of aliphatic hydroxyl groups is 4. The summed E-state index contributed by atoms with van der Waals surface area (Å²) in [6.45, 7) is 14.0. The van der Waals surface area contributed by atoms with Crippen LogP contribution in [0.2, 0.25) is 0 Å². The van der Waals surface area contributed by atoms with Gasteiger partial charge in [0.05, 0.1) is 11.7 Å². The number of carbonyl (C=O) groups excluding carboxylic acids is 3. The van der Waals surface area contributed by atoms with Crippen LogP contribution < -0.4 is 0 Å². The van der Waals surface area contributed by atoms with E-state index in [0.717, 1.165) is 5.57 Å². The van der Waals surface area contributed by atoms with Gasteiger partial charge in [0.1, 0.15) is 17.5 Å². The average molecular weight is 517 g/mol. The molecule has 4 rings (SSSR count). The fourth-order valence-corrected chi connectivity index (χ4v) is 9.00. The standard InChI is InChI=1S/C30H44O7/c1-25(2,36)12-11-21(33)30(8,37)23-19(32)14-27(5)20-10-9-16-17(13-18(31)24(35)26(16,3)4)29(20,7)22(34)15-28(23,27)6/h9,11-12,17-20,23,31-32,36-37H,10,13-15H2,1-8H3/b12-11+/t17-,18+,19-,20?,23+,27+,28-,29+,30+/m1/s1. The van der Waals surface area contributed by atoms with Crippen molar-refractivity contribution in [1.29, 1.82) is 0 Å². The maximum atomic E-state index is 14.2. The van der Waals surface area contributed by atoms with Gasteiger partial charge >= 0.3 is 0 Å². The molecule has 0 amide bonds. The second-order valence-electron chi connectivity index (χ2n) is 14.2. The van der Waals surface area contributed by atoms with Gasteiger partial charge in [-0.05, 0) is 82.6 Å². The highest BCUT2D eigenvalue weighted by Gasteiger charge is 2.74. The van der Waals surface area contributed by atoms with Crippen LogP contribution in [0.15, 0.2) is 23.8 Å². The van der Waals surface area contributed by atoms with Gasteiger partial charge in [0.15, 0.2) is 11.6 Å². The molecule has 4 aliphatic rings. The third kappa shape index (κ3) is 3.71. The average Bonchev–Trinajstić information content (AvgIpc) is 2.96. The van der Waals surface area contributed by atoms with Gasteiger partial charge in [0, 0.05) is 23.2 Å². The van der Waals surface area contributed by atoms with E-state index >= 15 is 0 Å². The van der Waals surface area contributed by atoms with Gasteiger partial charge in [0.25, 0.3) is 0 Å². The number of fused-ring (bicyclic) bond motifs is 5. The molecule has 7 heteroatoms. The Balaban J connectivity index is 1.80. The Morgan fingerprint density at radius 1 is 1.03 bits per heavy atom. The first-order chi connectivity index (χ1) is 16.7. The third-order valence-electron chi connectivity index (χ3n) is 11.1. The zero-order chi connectivity index (χ0) is 28.1. The molecule has 0 saturated heterocycles. The number of carbonyl (C=O) groups is 3. The highest BCUT2D eigenvalue weighted by atomic mass is 16.3. The lowest BCUT2D eigenvalue weighted by molar-refractivity contribution is -0.183. The first-order valence-electron chi connectivity index (χ1n) is 13.5. The van der Waals surface area contributed by atoms with E-state index in [-0.39, 0.29) is 36.2 Å². The zero-order valence-electron chi connectivity index (χ0n) is 23.5. The smallest absolute Gasteiger partial charge is 0.187 e. The summed E-state index contributed by atoms with van der Waals surface area (Å²) in [6, 6.07) is 0. The number of aliphatic hydroxyl groups excluding tert-OH is 2. The van der Waals surface area contributed by atoms with Gasteiger partial charge in [-0.1, -0.05) is 38.5 Å². The van der Waals surface area contributed by atoms with E-state index in [9.17, 15) is 34.8 Å². The highest BCUT2D eigenvalue weighted by Crippen LogP contribution is 2.74. The van der Waals surface area contributed by atoms with E-state index in [0.29, 0.717) is 12.8 Å². The molecule has 3 saturated carbocycles. The minimum Gasteiger partial charge on any atom is -0.393 e. The summed E-state index contributed by atoms with van der Waals surface area (Å²) in [4.78, 5) is 40.2. The van der Waals surface area contributed by atoms with Crippen molar-refractivity contribution in [3.05, 3.63) is 23.8 Å². The van der Waals surface area contributed by atoms with Crippen LogP contribution in [0.4, 0.5) is 0 Å². The number of Topliss-reactive ketones (excluding diaryl/α,β-unsaturated/α-hetero) is 2. The summed E-state index contributed by atoms with van der Waals surface area (Å²) < 4.78 is 0. The second kappa shape index (κ2) is 8.17. The van der Waals surface area contributed by atoms with Crippen LogP contribution in [-0.2, 0) is 14.4 Å². The minimum atomic E-state index is -1.95. The fourth-order valence-electron chi connectivity index (χ4n) is 9.00. The van der Waals surface area contributed by atoms with Crippen LogP contribution in [0.25, 0.3) is 0 Å². The lowest BCUT2D eigenvalue weighted by Crippen LogP contribution is -2.65. The largest absolute Gasteiger partial charge is 0.393 e. The molecule has 9 atom stereocenters. The number of rotatable bonds is 4. The predicted molar refractivity (Wildman–Crippen MR) is 138 cm³/mol. The molecular formula is C30H44O7. The fraction of sp³-hybridized carbons (Fsp3) is 0.767. The minimum absolute atomic E-state index is 0.0141. The van der Waals surface area contributed by atoms with Gasteiger partial charge in [-0.3, -0.25) is 14.4 Å². The van der Waals surface area contributed by atoms with Crippen LogP contribution in [0, 0.1) is 39.4 Å². The molecular weight excluding hydrogens is 472 g/mol. The molecule has 0 radical (unpaired) electrons. The summed E-state index contributed by atoms with van der Waals surface area (Å²) in [5.41, 5.74) is -5.46. The summed E-state index contributed by atoms with van der Waals surface area (Å²) in [5, 5.41) is 43.7. The number of ketones is 3. The maximum Gasteiger partial charge on any atom is 0.187 e. The van der Waals surface area contributed by atoms with Crippen molar-refractivity contribution in [1.82, 2.24) is 0 Å². The topological polar surface area (TPSA) is 132 Å². The monoisotopic (exact) mass is 516 g/mol. The summed E-state index contributed by atoms with van der Waals surface area (Å²) in [5.74, 6) is -2.24. The number of allylic oxidation sites excluding steroid dienone is 2. The van der Waals surface area contributed by atoms with Crippen LogP contribution in [0.3, 0.4) is 0 Å². The molecule has 0 aromatic carbocycles. The first-order valence-corrected chi connectivity index (χ1v) is 13.5. The summed E-state index contributed by atoms with van der Waals surface area (Å²) >= 11 is 0. The maximum absolute atomic E-state index is 14.2. The van der Waals surface area contributed by atoms with Crippen molar-refractivity contribution in [2.75, 3.05) is 0 Å². The van der Waals surface area contributed by atoms with E-state index in [4.69, 9.17) is 0 Å². The van der Waals surface area contributed by atoms with Gasteiger partial charge in [-0.15, -0.1) is 0 Å². The molecule has 4 N–H and O–H groups in total. The van der Waals surface area contributed by atoms with Crippen molar-refractivity contribution < 1.29 is 34.8 Å². The van der Waals surface area contributed by atoms with Crippen molar-refractivity contribution in [2.24, 2.45) is 39.4 Å². The van der Waals surface area contributed by atoms with Crippen LogP contribution in [0.1, 0.15) is 81.1 Å². The van der Waals surface area contributed by atoms with Crippen LogP contribution in [0.5, 0.6) is 0 Å². The van der Waals surface area contributed by atoms with Crippen molar-refractivity contribution in [2.45, 2.75) is 104 Å². The molecule has 4 aliphatic carbocycles. The predicted octanol–water partition coefficient (Wildman–Crippen LogP) is 2.93. The quantitative estimate of drug-likeness (QED) is 0.334. The molecule has 0 spiro atoms. The Morgan fingerprint density at radius 2 is 1.62 bits per heavy atom. The Morgan fingerprint density at radius 3 is 2.19 bits per heavy atom. The number of hydrogen-bond acceptors (Lipinski definition) is 7. The van der Waals surface area contributed by atoms with Crippen LogP contribution >= 0.6 is 0 Å². The van der Waals surface area contributed by atoms with E-state index in [2.05, 4.69) is 13.0 Å². The lowest BCUT2D eigenvalue weighted by atomic mass is 9.38. The van der Waals surface area contributed by atoms with Crippen molar-refractivity contribution in [3.8, 4) is 0 Å². The normalized spacial score (nSPS) is 45.1. The van der Waals surface area contributed by atoms with Gasteiger partial charge < -0.3 is 20.4 Å². The van der Waals surface area contributed by atoms with Gasteiger partial charge in [-0.25, -0.2) is 0 Å². The number of hydrogen-bond donors (Lipinski definition) is 4. The molecule has 0 aliphatic heterocycles. The van der Waals surface area contributed by atoms with Crippen molar-refractivity contribution in [3.63, 3.8) is 0 Å². The molecule has 206 valence electrons. The van der Waals surface area contributed by atoms with E-state index in [1.807, 2.05) is 27.7 Å².